The van der Waals surface area contributed by atoms with Crippen molar-refractivity contribution in [3.8, 4) is 0 Å². The van der Waals surface area contributed by atoms with Crippen molar-refractivity contribution >= 4 is 13.3 Å². The molecule has 0 aromatic rings. The Morgan fingerprint density at radius 1 is 1.20 bits per heavy atom. The van der Waals surface area contributed by atoms with Gasteiger partial charge in [-0.2, -0.15) is 0 Å². The molecule has 15 heavy (non-hydrogen) atoms. The number of nitrogens with one attached hydrogen (secondary N) is 1. The molecule has 0 aliphatic rings. The van der Waals surface area contributed by atoms with Crippen molar-refractivity contribution in [3.63, 3.8) is 0 Å². The van der Waals surface area contributed by atoms with Crippen molar-refractivity contribution in [2.75, 3.05) is 25.5 Å². The molecule has 0 bridgehead atoms. The smallest absolute Gasteiger partial charge is 0.203 e. The Hall–Kier alpha value is -0.340. The highest BCUT2D eigenvalue weighted by molar-refractivity contribution is 7.59. The van der Waals surface area contributed by atoms with E-state index in [0.717, 1.165) is 6.42 Å². The zero-order valence-corrected chi connectivity index (χ0v) is 10.8. The van der Waals surface area contributed by atoms with Gasteiger partial charge in [0.2, 0.25) is 7.37 Å². The number of hydrogen-bond acceptors (Lipinski definition) is 4. The van der Waals surface area contributed by atoms with E-state index in [0.29, 0.717) is 32.0 Å². The minimum absolute atomic E-state index is 0.202. The van der Waals surface area contributed by atoms with Crippen LogP contribution in [0.15, 0.2) is 0 Å². The lowest BCUT2D eigenvalue weighted by atomic mass is 10.5. The van der Waals surface area contributed by atoms with Crippen LogP contribution in [-0.2, 0) is 13.8 Å². The maximum atomic E-state index is 12.1. The molecule has 0 saturated heterocycles. The monoisotopic (exact) mass is 235 g/mol. The second-order valence-electron chi connectivity index (χ2n) is 3.29. The summed E-state index contributed by atoms with van der Waals surface area (Å²) in [4.78, 5) is 0. The van der Waals surface area contributed by atoms with Crippen LogP contribution in [0.4, 0.5) is 0 Å². The Balaban J connectivity index is 4.06. The maximum absolute atomic E-state index is 12.1. The van der Waals surface area contributed by atoms with E-state index in [4.69, 9.17) is 14.7 Å². The molecule has 4 nitrogen and oxygen atoms in total. The minimum atomic E-state index is -2.52. The van der Waals surface area contributed by atoms with Crippen molar-refractivity contribution in [2.24, 2.45) is 0 Å². The van der Waals surface area contributed by atoms with Crippen molar-refractivity contribution in [3.05, 3.63) is 0 Å². The molecule has 0 fully saturated rings. The average molecular weight is 235 g/mol. The topological polar surface area (TPSA) is 59.4 Å². The fourth-order valence-electron chi connectivity index (χ4n) is 1.34. The second-order valence-corrected chi connectivity index (χ2v) is 6.07. The Morgan fingerprint density at radius 2 is 1.87 bits per heavy atom. The molecule has 1 unspecified atom stereocenters. The second kappa shape index (κ2) is 7.89. The SMILES string of the molecule is CCCP(=O)(CCC(=N)OCC)OCC. The molecule has 0 rings (SSSR count). The van der Waals surface area contributed by atoms with Crippen molar-refractivity contribution in [1.29, 1.82) is 5.41 Å². The van der Waals surface area contributed by atoms with E-state index < -0.39 is 7.37 Å². The van der Waals surface area contributed by atoms with Crippen LogP contribution in [0.2, 0.25) is 0 Å². The highest BCUT2D eigenvalue weighted by atomic mass is 31.2. The zero-order chi connectivity index (χ0) is 11.7. The molecule has 90 valence electrons. The molecule has 0 radical (unpaired) electrons. The van der Waals surface area contributed by atoms with E-state index in [-0.39, 0.29) is 5.90 Å². The molecule has 0 aromatic heterocycles. The van der Waals surface area contributed by atoms with Gasteiger partial charge in [-0.3, -0.25) is 9.97 Å². The van der Waals surface area contributed by atoms with Gasteiger partial charge >= 0.3 is 0 Å². The van der Waals surface area contributed by atoms with Crippen LogP contribution in [0.1, 0.15) is 33.6 Å². The van der Waals surface area contributed by atoms with Crippen LogP contribution >= 0.6 is 7.37 Å². The summed E-state index contributed by atoms with van der Waals surface area (Å²) in [6.45, 7) is 6.63. The van der Waals surface area contributed by atoms with Gasteiger partial charge < -0.3 is 9.26 Å². The van der Waals surface area contributed by atoms with Gasteiger partial charge in [0, 0.05) is 18.7 Å². The first-order valence-corrected chi connectivity index (χ1v) is 7.50. The van der Waals surface area contributed by atoms with Gasteiger partial charge in [0.1, 0.15) is 0 Å². The van der Waals surface area contributed by atoms with E-state index >= 15 is 0 Å². The fourth-order valence-corrected chi connectivity index (χ4v) is 3.51. The Labute approximate surface area is 92.3 Å². The van der Waals surface area contributed by atoms with Gasteiger partial charge in [0.05, 0.1) is 13.2 Å². The summed E-state index contributed by atoms with van der Waals surface area (Å²) >= 11 is 0. The van der Waals surface area contributed by atoms with Crippen LogP contribution in [0.5, 0.6) is 0 Å². The van der Waals surface area contributed by atoms with E-state index in [1.54, 1.807) is 0 Å². The van der Waals surface area contributed by atoms with E-state index in [9.17, 15) is 4.57 Å². The molecule has 0 amide bonds. The zero-order valence-electron chi connectivity index (χ0n) is 9.91. The number of hydrogen-bond donors (Lipinski definition) is 1. The maximum Gasteiger partial charge on any atom is 0.203 e. The molecule has 0 saturated carbocycles. The largest absolute Gasteiger partial charge is 0.481 e. The van der Waals surface area contributed by atoms with E-state index in [1.165, 1.54) is 0 Å². The summed E-state index contributed by atoms with van der Waals surface area (Å²) < 4.78 is 22.4. The van der Waals surface area contributed by atoms with Gasteiger partial charge in [0.25, 0.3) is 0 Å². The van der Waals surface area contributed by atoms with Crippen molar-refractivity contribution in [2.45, 2.75) is 33.6 Å². The summed E-state index contributed by atoms with van der Waals surface area (Å²) in [6.07, 6.45) is 2.28. The Kier molecular flexibility index (Phi) is 7.71. The molecule has 0 aliphatic heterocycles. The molecule has 0 aromatic carbocycles. The van der Waals surface area contributed by atoms with Crippen LogP contribution in [0.25, 0.3) is 0 Å². The summed E-state index contributed by atoms with van der Waals surface area (Å²) in [5.74, 6) is 0.202. The third-order valence-electron chi connectivity index (χ3n) is 1.93. The third kappa shape index (κ3) is 6.69. The molecule has 1 atom stereocenters. The van der Waals surface area contributed by atoms with Crippen LogP contribution in [-0.4, -0.2) is 31.4 Å². The van der Waals surface area contributed by atoms with Crippen LogP contribution < -0.4 is 0 Å². The van der Waals surface area contributed by atoms with Crippen molar-refractivity contribution in [1.82, 2.24) is 0 Å². The van der Waals surface area contributed by atoms with Gasteiger partial charge in [-0.1, -0.05) is 6.92 Å². The molecule has 0 spiro atoms. The highest BCUT2D eigenvalue weighted by Gasteiger charge is 2.21. The Bertz CT molecular complexity index is 221. The summed E-state index contributed by atoms with van der Waals surface area (Å²) in [5.41, 5.74) is 0. The van der Waals surface area contributed by atoms with Gasteiger partial charge in [-0.25, -0.2) is 0 Å². The Morgan fingerprint density at radius 3 is 2.33 bits per heavy atom. The highest BCUT2D eigenvalue weighted by Crippen LogP contribution is 2.47. The lowest BCUT2D eigenvalue weighted by Gasteiger charge is -2.17. The summed E-state index contributed by atoms with van der Waals surface area (Å²) in [7, 11) is -2.52. The van der Waals surface area contributed by atoms with Crippen molar-refractivity contribution < 1.29 is 13.8 Å². The van der Waals surface area contributed by atoms with Gasteiger partial charge in [-0.15, -0.1) is 0 Å². The van der Waals surface area contributed by atoms with E-state index in [2.05, 4.69) is 0 Å². The predicted molar refractivity (Wildman–Crippen MR) is 63.2 cm³/mol. The first kappa shape index (κ1) is 14.7. The van der Waals surface area contributed by atoms with Crippen LogP contribution in [0, 0.1) is 5.41 Å². The average Bonchev–Trinajstić information content (AvgIpc) is 2.16. The predicted octanol–water partition coefficient (Wildman–Crippen LogP) is 3.11. The fraction of sp³-hybridized carbons (Fsp3) is 0.900. The summed E-state index contributed by atoms with van der Waals surface area (Å²) in [6, 6.07) is 0. The molecular formula is C10H22NO3P. The normalized spacial score (nSPS) is 14.6. The molecular weight excluding hydrogens is 213 g/mol. The molecule has 1 N–H and O–H groups in total. The standard InChI is InChI=1S/C10H22NO3P/c1-4-8-15(12,14-6-3)9-7-10(11)13-5-2/h11H,4-9H2,1-3H3. The molecule has 5 heteroatoms. The number of rotatable bonds is 8. The lowest BCUT2D eigenvalue weighted by molar-refractivity contribution is 0.311. The quantitative estimate of drug-likeness (QED) is 0.399. The third-order valence-corrected chi connectivity index (χ3v) is 4.69. The minimum Gasteiger partial charge on any atom is -0.481 e. The molecule has 0 heterocycles. The van der Waals surface area contributed by atoms with Crippen LogP contribution in [0.3, 0.4) is 0 Å². The number of ether oxygens (including phenoxy) is 1. The lowest BCUT2D eigenvalue weighted by Crippen LogP contribution is -2.08. The van der Waals surface area contributed by atoms with Gasteiger partial charge in [-0.05, 0) is 20.3 Å². The van der Waals surface area contributed by atoms with Gasteiger partial charge in [0.15, 0.2) is 5.90 Å². The first-order chi connectivity index (χ1) is 7.08. The molecule has 0 aliphatic carbocycles. The van der Waals surface area contributed by atoms with E-state index in [1.807, 2.05) is 20.8 Å². The summed E-state index contributed by atoms with van der Waals surface area (Å²) in [5, 5.41) is 7.43. The first-order valence-electron chi connectivity index (χ1n) is 5.50.